The zero-order valence-electron chi connectivity index (χ0n) is 7.86. The Labute approximate surface area is 77.8 Å². The van der Waals surface area contributed by atoms with E-state index >= 15 is 0 Å². The molecule has 1 aromatic heterocycles. The molecule has 3 heteroatoms. The van der Waals surface area contributed by atoms with Crippen LogP contribution in [-0.2, 0) is 16.0 Å². The smallest absolute Gasteiger partial charge is 0.310 e. The molecule has 0 N–H and O–H groups in total. The van der Waals surface area contributed by atoms with Gasteiger partial charge in [0.15, 0.2) is 0 Å². The molecule has 0 spiro atoms. The van der Waals surface area contributed by atoms with Gasteiger partial charge < -0.3 is 4.74 Å². The van der Waals surface area contributed by atoms with Crippen LogP contribution < -0.4 is 0 Å². The summed E-state index contributed by atoms with van der Waals surface area (Å²) in [5, 5.41) is 0. The maximum atomic E-state index is 11.2. The van der Waals surface area contributed by atoms with E-state index in [0.29, 0.717) is 6.42 Å². The molecule has 1 heterocycles. The topological polar surface area (TPSA) is 39.2 Å². The third-order valence-corrected chi connectivity index (χ3v) is 1.44. The zero-order valence-corrected chi connectivity index (χ0v) is 7.86. The Morgan fingerprint density at radius 3 is 2.92 bits per heavy atom. The van der Waals surface area contributed by atoms with Gasteiger partial charge in [-0.2, -0.15) is 0 Å². The predicted octanol–water partition coefficient (Wildman–Crippen LogP) is 1.58. The van der Waals surface area contributed by atoms with Crippen molar-refractivity contribution >= 4 is 5.97 Å². The van der Waals surface area contributed by atoms with Crippen molar-refractivity contribution in [1.29, 1.82) is 0 Å². The average molecular weight is 179 g/mol. The van der Waals surface area contributed by atoms with Gasteiger partial charge in [0.25, 0.3) is 0 Å². The zero-order chi connectivity index (χ0) is 9.68. The van der Waals surface area contributed by atoms with Crippen molar-refractivity contribution in [2.75, 3.05) is 0 Å². The van der Waals surface area contributed by atoms with Crippen LogP contribution in [0.3, 0.4) is 0 Å². The molecule has 0 bridgehead atoms. The van der Waals surface area contributed by atoms with Gasteiger partial charge >= 0.3 is 5.97 Å². The molecular weight excluding hydrogens is 166 g/mol. The second kappa shape index (κ2) is 4.60. The molecule has 0 unspecified atom stereocenters. The van der Waals surface area contributed by atoms with E-state index in [9.17, 15) is 4.79 Å². The summed E-state index contributed by atoms with van der Waals surface area (Å²) in [6.07, 6.45) is 3.59. The molecule has 3 nitrogen and oxygen atoms in total. The van der Waals surface area contributed by atoms with Gasteiger partial charge in [0.1, 0.15) is 0 Å². The van der Waals surface area contributed by atoms with Crippen LogP contribution in [0, 0.1) is 0 Å². The first-order valence-electron chi connectivity index (χ1n) is 4.27. The van der Waals surface area contributed by atoms with Gasteiger partial charge in [0.2, 0.25) is 0 Å². The van der Waals surface area contributed by atoms with E-state index < -0.39 is 0 Å². The summed E-state index contributed by atoms with van der Waals surface area (Å²) in [6, 6.07) is 3.66. The summed E-state index contributed by atoms with van der Waals surface area (Å²) in [6.45, 7) is 3.67. The molecule has 0 fully saturated rings. The Morgan fingerprint density at radius 1 is 1.62 bits per heavy atom. The number of hydrogen-bond donors (Lipinski definition) is 0. The van der Waals surface area contributed by atoms with E-state index in [2.05, 4.69) is 4.98 Å². The molecule has 0 aliphatic heterocycles. The Hall–Kier alpha value is -1.38. The number of aromatic nitrogens is 1. The maximum absolute atomic E-state index is 11.2. The molecule has 70 valence electrons. The number of rotatable bonds is 3. The normalized spacial score (nSPS) is 10.1. The van der Waals surface area contributed by atoms with Crippen molar-refractivity contribution in [1.82, 2.24) is 4.98 Å². The standard InChI is InChI=1S/C10H13NO2/c1-8(2)13-10(12)6-9-4-3-5-11-7-9/h3-5,7-8H,6H2,1-2H3. The van der Waals surface area contributed by atoms with Gasteiger partial charge in [-0.3, -0.25) is 9.78 Å². The summed E-state index contributed by atoms with van der Waals surface area (Å²) in [7, 11) is 0. The highest BCUT2D eigenvalue weighted by atomic mass is 16.5. The van der Waals surface area contributed by atoms with E-state index in [4.69, 9.17) is 4.74 Å². The average Bonchev–Trinajstić information content (AvgIpc) is 2.04. The monoisotopic (exact) mass is 179 g/mol. The van der Waals surface area contributed by atoms with Crippen molar-refractivity contribution < 1.29 is 9.53 Å². The minimum atomic E-state index is -0.206. The van der Waals surface area contributed by atoms with E-state index in [0.717, 1.165) is 5.56 Å². The number of carbonyl (C=O) groups excluding carboxylic acids is 1. The summed E-state index contributed by atoms with van der Waals surface area (Å²) in [5.41, 5.74) is 0.883. The van der Waals surface area contributed by atoms with Gasteiger partial charge in [-0.1, -0.05) is 6.07 Å². The summed E-state index contributed by atoms with van der Waals surface area (Å²) < 4.78 is 4.99. The number of carbonyl (C=O) groups is 1. The fraction of sp³-hybridized carbons (Fsp3) is 0.400. The summed E-state index contributed by atoms with van der Waals surface area (Å²) in [5.74, 6) is -0.206. The Morgan fingerprint density at radius 2 is 2.38 bits per heavy atom. The molecule has 0 atom stereocenters. The molecule has 0 saturated carbocycles. The molecule has 0 aromatic carbocycles. The lowest BCUT2D eigenvalue weighted by molar-refractivity contribution is -0.146. The third-order valence-electron chi connectivity index (χ3n) is 1.44. The summed E-state index contributed by atoms with van der Waals surface area (Å²) in [4.78, 5) is 15.1. The number of pyridine rings is 1. The molecule has 13 heavy (non-hydrogen) atoms. The van der Waals surface area contributed by atoms with Crippen LogP contribution in [0.1, 0.15) is 19.4 Å². The van der Waals surface area contributed by atoms with Crippen molar-refractivity contribution in [3.63, 3.8) is 0 Å². The van der Waals surface area contributed by atoms with Crippen molar-refractivity contribution in [3.8, 4) is 0 Å². The fourth-order valence-electron chi connectivity index (χ4n) is 0.974. The molecule has 0 aliphatic rings. The second-order valence-electron chi connectivity index (χ2n) is 3.08. The van der Waals surface area contributed by atoms with Crippen LogP contribution in [0.5, 0.6) is 0 Å². The lowest BCUT2D eigenvalue weighted by Crippen LogP contribution is -2.13. The van der Waals surface area contributed by atoms with Crippen LogP contribution >= 0.6 is 0 Å². The Bertz CT molecular complexity index is 270. The second-order valence-corrected chi connectivity index (χ2v) is 3.08. The van der Waals surface area contributed by atoms with Crippen LogP contribution in [0.25, 0.3) is 0 Å². The fourth-order valence-corrected chi connectivity index (χ4v) is 0.974. The van der Waals surface area contributed by atoms with Gasteiger partial charge in [0.05, 0.1) is 12.5 Å². The van der Waals surface area contributed by atoms with Crippen LogP contribution in [0.4, 0.5) is 0 Å². The Balaban J connectivity index is 2.46. The molecule has 1 rings (SSSR count). The SMILES string of the molecule is CC(C)OC(=O)Cc1cccnc1. The number of hydrogen-bond acceptors (Lipinski definition) is 3. The lowest BCUT2D eigenvalue weighted by Gasteiger charge is -2.06. The van der Waals surface area contributed by atoms with Gasteiger partial charge in [-0.25, -0.2) is 0 Å². The molecule has 0 aliphatic carbocycles. The molecule has 0 amide bonds. The van der Waals surface area contributed by atoms with Crippen molar-refractivity contribution in [2.24, 2.45) is 0 Å². The van der Waals surface area contributed by atoms with Crippen LogP contribution in [0.2, 0.25) is 0 Å². The first-order chi connectivity index (χ1) is 6.18. The molecular formula is C10H13NO2. The van der Waals surface area contributed by atoms with Gasteiger partial charge in [-0.15, -0.1) is 0 Å². The van der Waals surface area contributed by atoms with Crippen LogP contribution in [-0.4, -0.2) is 17.1 Å². The van der Waals surface area contributed by atoms with Crippen LogP contribution in [0.15, 0.2) is 24.5 Å². The van der Waals surface area contributed by atoms with Crippen molar-refractivity contribution in [3.05, 3.63) is 30.1 Å². The van der Waals surface area contributed by atoms with Gasteiger partial charge in [-0.05, 0) is 25.5 Å². The van der Waals surface area contributed by atoms with Crippen molar-refractivity contribution in [2.45, 2.75) is 26.4 Å². The molecule has 1 aromatic rings. The van der Waals surface area contributed by atoms with E-state index in [1.807, 2.05) is 19.9 Å². The first kappa shape index (κ1) is 9.71. The third kappa shape index (κ3) is 3.69. The van der Waals surface area contributed by atoms with E-state index in [1.54, 1.807) is 18.5 Å². The van der Waals surface area contributed by atoms with E-state index in [-0.39, 0.29) is 12.1 Å². The lowest BCUT2D eigenvalue weighted by atomic mass is 10.2. The van der Waals surface area contributed by atoms with Gasteiger partial charge in [0, 0.05) is 12.4 Å². The highest BCUT2D eigenvalue weighted by molar-refractivity contribution is 5.72. The maximum Gasteiger partial charge on any atom is 0.310 e. The minimum absolute atomic E-state index is 0.0517. The molecule has 0 saturated heterocycles. The number of ether oxygens (including phenoxy) is 1. The number of esters is 1. The summed E-state index contributed by atoms with van der Waals surface area (Å²) >= 11 is 0. The van der Waals surface area contributed by atoms with E-state index in [1.165, 1.54) is 0 Å². The molecule has 0 radical (unpaired) electrons. The predicted molar refractivity (Wildman–Crippen MR) is 49.2 cm³/mol. The highest BCUT2D eigenvalue weighted by Gasteiger charge is 2.05. The largest absolute Gasteiger partial charge is 0.463 e. The Kier molecular flexibility index (Phi) is 3.43. The quantitative estimate of drug-likeness (QED) is 0.661. The number of nitrogens with zero attached hydrogens (tertiary/aromatic N) is 1. The first-order valence-corrected chi connectivity index (χ1v) is 4.27. The highest BCUT2D eigenvalue weighted by Crippen LogP contribution is 2.00. The minimum Gasteiger partial charge on any atom is -0.463 e.